The molecule has 5 heteroatoms. The van der Waals surface area contributed by atoms with E-state index < -0.39 is 0 Å². The number of hydrogen-bond acceptors (Lipinski definition) is 5. The molecule has 0 bridgehead atoms. The Balaban J connectivity index is 1.31. The topological polar surface area (TPSA) is 53.9 Å². The van der Waals surface area contributed by atoms with Crippen molar-refractivity contribution in [3.63, 3.8) is 0 Å². The smallest absolute Gasteiger partial charge is 0.222 e. The Hall–Kier alpha value is -2.01. The quantitative estimate of drug-likeness (QED) is 0.941. The highest BCUT2D eigenvalue weighted by molar-refractivity contribution is 5.27. The lowest BCUT2D eigenvalue weighted by atomic mass is 9.65. The van der Waals surface area contributed by atoms with Crippen molar-refractivity contribution in [3.05, 3.63) is 48.0 Å². The number of aryl methyl sites for hydroxylation is 1. The van der Waals surface area contributed by atoms with E-state index in [2.05, 4.69) is 38.2 Å². The van der Waals surface area contributed by atoms with Gasteiger partial charge in [-0.3, -0.25) is 9.88 Å². The average Bonchev–Trinajstić information content (AvgIpc) is 2.94. The number of anilines is 1. The van der Waals surface area contributed by atoms with E-state index in [9.17, 15) is 0 Å². The third-order valence-corrected chi connectivity index (χ3v) is 5.27. The molecule has 1 spiro atoms. The van der Waals surface area contributed by atoms with Gasteiger partial charge in [0.1, 0.15) is 0 Å². The van der Waals surface area contributed by atoms with Crippen molar-refractivity contribution in [1.82, 2.24) is 19.9 Å². The summed E-state index contributed by atoms with van der Waals surface area (Å²) in [5.41, 5.74) is 3.01. The highest BCUT2D eigenvalue weighted by Gasteiger charge is 2.48. The first-order valence-electron chi connectivity index (χ1n) is 8.39. The van der Waals surface area contributed by atoms with Gasteiger partial charge in [0.2, 0.25) is 5.95 Å². The van der Waals surface area contributed by atoms with Crippen LogP contribution in [0.25, 0.3) is 0 Å². The van der Waals surface area contributed by atoms with Gasteiger partial charge in [0.25, 0.3) is 0 Å². The molecule has 0 radical (unpaired) electrons. The van der Waals surface area contributed by atoms with Crippen molar-refractivity contribution < 1.29 is 0 Å². The van der Waals surface area contributed by atoms with Crippen LogP contribution in [0.5, 0.6) is 0 Å². The first kappa shape index (κ1) is 14.6. The lowest BCUT2D eigenvalue weighted by Crippen LogP contribution is -2.47. The molecule has 1 saturated carbocycles. The molecule has 2 aromatic rings. The molecule has 0 unspecified atom stereocenters. The number of aromatic nitrogens is 3. The van der Waals surface area contributed by atoms with Crippen molar-refractivity contribution in [3.8, 4) is 0 Å². The minimum Gasteiger partial charge on any atom is -0.351 e. The second-order valence-electron chi connectivity index (χ2n) is 7.05. The van der Waals surface area contributed by atoms with Crippen LogP contribution in [0.2, 0.25) is 0 Å². The van der Waals surface area contributed by atoms with Crippen molar-refractivity contribution in [2.75, 3.05) is 18.4 Å². The van der Waals surface area contributed by atoms with E-state index in [1.807, 2.05) is 18.3 Å². The Morgan fingerprint density at radius 3 is 2.74 bits per heavy atom. The van der Waals surface area contributed by atoms with Gasteiger partial charge in [0, 0.05) is 37.7 Å². The molecule has 120 valence electrons. The molecule has 2 aromatic heterocycles. The molecule has 5 nitrogen and oxygen atoms in total. The Morgan fingerprint density at radius 2 is 1.96 bits per heavy atom. The predicted molar refractivity (Wildman–Crippen MR) is 90.0 cm³/mol. The summed E-state index contributed by atoms with van der Waals surface area (Å²) in [6.45, 7) is 5.51. The molecular formula is C18H23N5. The van der Waals surface area contributed by atoms with Crippen molar-refractivity contribution in [2.45, 2.75) is 38.8 Å². The number of nitrogens with zero attached hydrogens (tertiary/aromatic N) is 4. The summed E-state index contributed by atoms with van der Waals surface area (Å²) in [6.07, 6.45) is 9.22. The average molecular weight is 309 g/mol. The SMILES string of the molecule is Cc1cccnc1CN1CCC2(CC(Nc3ncccn3)C2)C1. The van der Waals surface area contributed by atoms with E-state index >= 15 is 0 Å². The molecule has 0 aromatic carbocycles. The van der Waals surface area contributed by atoms with E-state index in [0.29, 0.717) is 11.5 Å². The number of nitrogens with one attached hydrogen (secondary N) is 1. The molecule has 1 N–H and O–H groups in total. The van der Waals surface area contributed by atoms with Gasteiger partial charge in [-0.05, 0) is 55.8 Å². The molecule has 1 aliphatic heterocycles. The first-order valence-corrected chi connectivity index (χ1v) is 8.39. The van der Waals surface area contributed by atoms with Gasteiger partial charge in [0.15, 0.2) is 0 Å². The van der Waals surface area contributed by atoms with Gasteiger partial charge in [-0.1, -0.05) is 6.07 Å². The first-order chi connectivity index (χ1) is 11.2. The van der Waals surface area contributed by atoms with Crippen molar-refractivity contribution >= 4 is 5.95 Å². The van der Waals surface area contributed by atoms with Crippen LogP contribution in [-0.4, -0.2) is 39.0 Å². The van der Waals surface area contributed by atoms with E-state index in [1.165, 1.54) is 43.6 Å². The summed E-state index contributed by atoms with van der Waals surface area (Å²) >= 11 is 0. The molecule has 1 aliphatic carbocycles. The lowest BCUT2D eigenvalue weighted by Gasteiger charge is -2.45. The van der Waals surface area contributed by atoms with Crippen LogP contribution in [0.15, 0.2) is 36.8 Å². The van der Waals surface area contributed by atoms with Crippen LogP contribution >= 0.6 is 0 Å². The standard InChI is InChI=1S/C18H23N5/c1-14-4-2-6-19-16(14)12-23-9-5-18(13-23)10-15(11-18)22-17-20-7-3-8-21-17/h2-4,6-8,15H,5,9-13H2,1H3,(H,20,21,22). The normalized spacial score (nSPS) is 27.1. The summed E-state index contributed by atoms with van der Waals surface area (Å²) < 4.78 is 0. The van der Waals surface area contributed by atoms with E-state index in [0.717, 1.165) is 12.5 Å². The third kappa shape index (κ3) is 3.06. The van der Waals surface area contributed by atoms with Gasteiger partial charge in [0.05, 0.1) is 5.69 Å². The highest BCUT2D eigenvalue weighted by atomic mass is 15.2. The zero-order valence-electron chi connectivity index (χ0n) is 13.6. The zero-order valence-corrected chi connectivity index (χ0v) is 13.6. The Labute approximate surface area is 137 Å². The number of rotatable bonds is 4. The summed E-state index contributed by atoms with van der Waals surface area (Å²) in [5, 5.41) is 3.45. The highest BCUT2D eigenvalue weighted by Crippen LogP contribution is 2.49. The maximum Gasteiger partial charge on any atom is 0.222 e. The second kappa shape index (κ2) is 5.89. The number of hydrogen-bond donors (Lipinski definition) is 1. The van der Waals surface area contributed by atoms with Gasteiger partial charge < -0.3 is 5.32 Å². The van der Waals surface area contributed by atoms with Crippen LogP contribution in [0.3, 0.4) is 0 Å². The van der Waals surface area contributed by atoms with Gasteiger partial charge in [-0.2, -0.15) is 0 Å². The van der Waals surface area contributed by atoms with Crippen molar-refractivity contribution in [2.24, 2.45) is 5.41 Å². The fourth-order valence-corrected chi connectivity index (χ4v) is 4.04. The van der Waals surface area contributed by atoms with Gasteiger partial charge >= 0.3 is 0 Å². The molecular weight excluding hydrogens is 286 g/mol. The monoisotopic (exact) mass is 309 g/mol. The summed E-state index contributed by atoms with van der Waals surface area (Å²) in [6, 6.07) is 6.53. The van der Waals surface area contributed by atoms with E-state index in [4.69, 9.17) is 0 Å². The Bertz CT molecular complexity index is 666. The molecule has 4 rings (SSSR count). The van der Waals surface area contributed by atoms with Crippen LogP contribution < -0.4 is 5.32 Å². The molecule has 3 heterocycles. The van der Waals surface area contributed by atoms with Crippen LogP contribution in [0.1, 0.15) is 30.5 Å². The maximum absolute atomic E-state index is 4.53. The lowest BCUT2D eigenvalue weighted by molar-refractivity contribution is 0.119. The molecule has 0 atom stereocenters. The molecule has 23 heavy (non-hydrogen) atoms. The summed E-state index contributed by atoms with van der Waals surface area (Å²) in [7, 11) is 0. The minimum atomic E-state index is 0.495. The second-order valence-corrected chi connectivity index (χ2v) is 7.05. The fraction of sp³-hybridized carbons (Fsp3) is 0.500. The summed E-state index contributed by atoms with van der Waals surface area (Å²) in [5.74, 6) is 0.756. The zero-order chi connectivity index (χ0) is 15.7. The van der Waals surface area contributed by atoms with Crippen molar-refractivity contribution in [1.29, 1.82) is 0 Å². The third-order valence-electron chi connectivity index (χ3n) is 5.27. The van der Waals surface area contributed by atoms with Crippen LogP contribution in [0, 0.1) is 12.3 Å². The largest absolute Gasteiger partial charge is 0.351 e. The Morgan fingerprint density at radius 1 is 1.17 bits per heavy atom. The molecule has 2 aliphatic rings. The minimum absolute atomic E-state index is 0.495. The number of likely N-dealkylation sites (tertiary alicyclic amines) is 1. The maximum atomic E-state index is 4.53. The van der Waals surface area contributed by atoms with E-state index in [1.54, 1.807) is 12.4 Å². The van der Waals surface area contributed by atoms with Gasteiger partial charge in [-0.25, -0.2) is 9.97 Å². The molecule has 0 amide bonds. The molecule has 2 fully saturated rings. The van der Waals surface area contributed by atoms with Crippen LogP contribution in [0.4, 0.5) is 5.95 Å². The predicted octanol–water partition coefficient (Wildman–Crippen LogP) is 2.65. The van der Waals surface area contributed by atoms with Gasteiger partial charge in [-0.15, -0.1) is 0 Å². The van der Waals surface area contributed by atoms with Crippen LogP contribution in [-0.2, 0) is 6.54 Å². The number of pyridine rings is 1. The van der Waals surface area contributed by atoms with E-state index in [-0.39, 0.29) is 0 Å². The Kier molecular flexibility index (Phi) is 3.73. The molecule has 1 saturated heterocycles. The fourth-order valence-electron chi connectivity index (χ4n) is 4.04. The summed E-state index contributed by atoms with van der Waals surface area (Å²) in [4.78, 5) is 15.6.